The third-order valence-electron chi connectivity index (χ3n) is 3.54. The van der Waals surface area contributed by atoms with Gasteiger partial charge in [-0.2, -0.15) is 0 Å². The van der Waals surface area contributed by atoms with Gasteiger partial charge in [0.25, 0.3) is 0 Å². The molecule has 4 nitrogen and oxygen atoms in total. The number of nitrogens with zero attached hydrogens (tertiary/aromatic N) is 1. The molecule has 0 spiro atoms. The second-order valence-electron chi connectivity index (χ2n) is 5.22. The zero-order chi connectivity index (χ0) is 15.3. The van der Waals surface area contributed by atoms with Crippen LogP contribution in [0.4, 0.5) is 5.69 Å². The van der Waals surface area contributed by atoms with Crippen molar-refractivity contribution in [3.8, 4) is 0 Å². The van der Waals surface area contributed by atoms with E-state index in [9.17, 15) is 4.79 Å². The topological polar surface area (TPSA) is 58.4 Å². The molecule has 0 aliphatic heterocycles. The molecule has 118 valence electrons. The first-order valence-electron chi connectivity index (χ1n) is 8.04. The molecule has 0 unspecified atom stereocenters. The van der Waals surface area contributed by atoms with Gasteiger partial charge in [0.05, 0.1) is 0 Å². The van der Waals surface area contributed by atoms with Gasteiger partial charge in [0.2, 0.25) is 5.91 Å². The largest absolute Gasteiger partial charge is 0.372 e. The van der Waals surface area contributed by atoms with Crippen LogP contribution in [0.25, 0.3) is 0 Å². The predicted octanol–water partition coefficient (Wildman–Crippen LogP) is 2.54. The fourth-order valence-corrected chi connectivity index (χ4v) is 2.30. The molecule has 1 amide bonds. The number of nitrogens with one attached hydrogen (secondary N) is 1. The van der Waals surface area contributed by atoms with Crippen LogP contribution in [0.3, 0.4) is 0 Å². The third-order valence-corrected chi connectivity index (χ3v) is 3.54. The number of para-hydroxylation sites is 1. The maximum absolute atomic E-state index is 11.6. The number of benzene rings is 1. The summed E-state index contributed by atoms with van der Waals surface area (Å²) in [4.78, 5) is 14.0. The summed E-state index contributed by atoms with van der Waals surface area (Å²) in [7, 11) is 0. The Morgan fingerprint density at radius 1 is 1.14 bits per heavy atom. The van der Waals surface area contributed by atoms with Crippen molar-refractivity contribution in [3.63, 3.8) is 0 Å². The monoisotopic (exact) mass is 291 g/mol. The predicted molar refractivity (Wildman–Crippen MR) is 89.5 cm³/mol. The first-order valence-corrected chi connectivity index (χ1v) is 8.04. The Kier molecular flexibility index (Phi) is 9.29. The molecule has 0 saturated carbocycles. The highest BCUT2D eigenvalue weighted by Gasteiger charge is 2.04. The normalized spacial score (nSPS) is 10.4. The van der Waals surface area contributed by atoms with Crippen LogP contribution >= 0.6 is 0 Å². The van der Waals surface area contributed by atoms with E-state index in [4.69, 9.17) is 5.73 Å². The minimum Gasteiger partial charge on any atom is -0.372 e. The Labute approximate surface area is 128 Å². The molecule has 0 fully saturated rings. The summed E-state index contributed by atoms with van der Waals surface area (Å²) in [5.74, 6) is 0.162. The van der Waals surface area contributed by atoms with Gasteiger partial charge in [0.15, 0.2) is 0 Å². The van der Waals surface area contributed by atoms with E-state index in [1.165, 1.54) is 5.69 Å². The second kappa shape index (κ2) is 11.1. The summed E-state index contributed by atoms with van der Waals surface area (Å²) in [5, 5.41) is 2.99. The van der Waals surface area contributed by atoms with E-state index in [2.05, 4.69) is 41.4 Å². The Bertz CT molecular complexity index is 381. The van der Waals surface area contributed by atoms with Gasteiger partial charge in [-0.3, -0.25) is 4.79 Å². The highest BCUT2D eigenvalue weighted by atomic mass is 16.1. The Hall–Kier alpha value is -1.55. The number of carbonyl (C=O) groups excluding carboxylic acids is 1. The van der Waals surface area contributed by atoms with Gasteiger partial charge in [-0.1, -0.05) is 24.6 Å². The van der Waals surface area contributed by atoms with Gasteiger partial charge >= 0.3 is 0 Å². The number of rotatable bonds is 11. The maximum Gasteiger partial charge on any atom is 0.219 e. The molecule has 0 aromatic heterocycles. The minimum absolute atomic E-state index is 0.162. The maximum atomic E-state index is 11.6. The summed E-state index contributed by atoms with van der Waals surface area (Å²) in [6.07, 6.45) is 4.58. The molecule has 0 saturated heterocycles. The van der Waals surface area contributed by atoms with Gasteiger partial charge in [0, 0.05) is 31.7 Å². The van der Waals surface area contributed by atoms with Crippen LogP contribution < -0.4 is 16.0 Å². The molecule has 0 radical (unpaired) electrons. The first kappa shape index (κ1) is 17.5. The van der Waals surface area contributed by atoms with Crippen molar-refractivity contribution in [1.29, 1.82) is 0 Å². The van der Waals surface area contributed by atoms with Crippen molar-refractivity contribution in [2.75, 3.05) is 31.1 Å². The molecule has 21 heavy (non-hydrogen) atoms. The van der Waals surface area contributed by atoms with Crippen LogP contribution in [0, 0.1) is 0 Å². The molecule has 1 rings (SSSR count). The minimum atomic E-state index is 0.162. The molecule has 0 atom stereocenters. The average molecular weight is 291 g/mol. The van der Waals surface area contributed by atoms with Crippen molar-refractivity contribution in [3.05, 3.63) is 30.3 Å². The lowest BCUT2D eigenvalue weighted by Crippen LogP contribution is -2.29. The van der Waals surface area contributed by atoms with Crippen LogP contribution in [0.5, 0.6) is 0 Å². The number of carbonyl (C=O) groups is 1. The first-order chi connectivity index (χ1) is 10.3. The molecule has 0 heterocycles. The molecule has 1 aromatic rings. The summed E-state index contributed by atoms with van der Waals surface area (Å²) >= 11 is 0. The van der Waals surface area contributed by atoms with Gasteiger partial charge in [-0.05, 0) is 44.9 Å². The van der Waals surface area contributed by atoms with Gasteiger partial charge in [-0.25, -0.2) is 0 Å². The zero-order valence-electron chi connectivity index (χ0n) is 13.2. The van der Waals surface area contributed by atoms with Crippen LogP contribution in [0.1, 0.15) is 39.0 Å². The molecular formula is C17H29N3O. The summed E-state index contributed by atoms with van der Waals surface area (Å²) in [6.45, 7) is 5.57. The van der Waals surface area contributed by atoms with Crippen LogP contribution in [-0.2, 0) is 4.79 Å². The number of hydrogen-bond donors (Lipinski definition) is 2. The number of nitrogens with two attached hydrogens (primary N) is 1. The molecule has 0 aliphatic carbocycles. The van der Waals surface area contributed by atoms with Crippen LogP contribution in [0.15, 0.2) is 30.3 Å². The van der Waals surface area contributed by atoms with Crippen LogP contribution in [-0.4, -0.2) is 32.1 Å². The SMILES string of the molecule is CCN(CCCNC(=O)CCCCCN)c1ccccc1. The van der Waals surface area contributed by atoms with Crippen molar-refractivity contribution < 1.29 is 4.79 Å². The van der Waals surface area contributed by atoms with E-state index >= 15 is 0 Å². The third kappa shape index (κ3) is 7.71. The summed E-state index contributed by atoms with van der Waals surface area (Å²) in [5.41, 5.74) is 6.67. The average Bonchev–Trinajstić information content (AvgIpc) is 2.52. The lowest BCUT2D eigenvalue weighted by molar-refractivity contribution is -0.121. The van der Waals surface area contributed by atoms with E-state index in [-0.39, 0.29) is 5.91 Å². The Balaban J connectivity index is 2.13. The van der Waals surface area contributed by atoms with Crippen molar-refractivity contribution in [2.45, 2.75) is 39.0 Å². The summed E-state index contributed by atoms with van der Waals surface area (Å²) in [6, 6.07) is 10.4. The number of unbranched alkanes of at least 4 members (excludes halogenated alkanes) is 2. The summed E-state index contributed by atoms with van der Waals surface area (Å²) < 4.78 is 0. The lowest BCUT2D eigenvalue weighted by Gasteiger charge is -2.23. The van der Waals surface area contributed by atoms with Crippen LogP contribution in [0.2, 0.25) is 0 Å². The van der Waals surface area contributed by atoms with E-state index in [1.807, 2.05) is 6.07 Å². The van der Waals surface area contributed by atoms with Crippen molar-refractivity contribution >= 4 is 11.6 Å². The van der Waals surface area contributed by atoms with E-state index in [0.717, 1.165) is 45.3 Å². The lowest BCUT2D eigenvalue weighted by atomic mass is 10.2. The van der Waals surface area contributed by atoms with E-state index in [0.29, 0.717) is 13.0 Å². The number of hydrogen-bond acceptors (Lipinski definition) is 3. The van der Waals surface area contributed by atoms with E-state index < -0.39 is 0 Å². The molecular weight excluding hydrogens is 262 g/mol. The van der Waals surface area contributed by atoms with Gasteiger partial charge < -0.3 is 16.0 Å². The Morgan fingerprint density at radius 2 is 1.90 bits per heavy atom. The fourth-order valence-electron chi connectivity index (χ4n) is 2.30. The van der Waals surface area contributed by atoms with Gasteiger partial charge in [-0.15, -0.1) is 0 Å². The highest BCUT2D eigenvalue weighted by molar-refractivity contribution is 5.75. The standard InChI is InChI=1S/C17H29N3O/c1-2-20(16-10-5-3-6-11-16)15-9-14-19-17(21)12-7-4-8-13-18/h3,5-6,10-11H,2,4,7-9,12-15,18H2,1H3,(H,19,21). The zero-order valence-corrected chi connectivity index (χ0v) is 13.2. The molecule has 4 heteroatoms. The molecule has 1 aromatic carbocycles. The molecule has 0 bridgehead atoms. The molecule has 3 N–H and O–H groups in total. The van der Waals surface area contributed by atoms with Gasteiger partial charge in [0.1, 0.15) is 0 Å². The Morgan fingerprint density at radius 3 is 2.57 bits per heavy atom. The fraction of sp³-hybridized carbons (Fsp3) is 0.588. The number of amides is 1. The van der Waals surface area contributed by atoms with Crippen molar-refractivity contribution in [1.82, 2.24) is 5.32 Å². The van der Waals surface area contributed by atoms with Crippen molar-refractivity contribution in [2.24, 2.45) is 5.73 Å². The second-order valence-corrected chi connectivity index (χ2v) is 5.22. The van der Waals surface area contributed by atoms with E-state index in [1.54, 1.807) is 0 Å². The smallest absolute Gasteiger partial charge is 0.219 e. The number of anilines is 1. The molecule has 0 aliphatic rings. The highest BCUT2D eigenvalue weighted by Crippen LogP contribution is 2.12. The quantitative estimate of drug-likeness (QED) is 0.616.